The Kier molecular flexibility index (Phi) is 14.5. The summed E-state index contributed by atoms with van der Waals surface area (Å²) in [5.74, 6) is 30.4. The van der Waals surface area contributed by atoms with E-state index in [0.29, 0.717) is 0 Å². The van der Waals surface area contributed by atoms with Crippen molar-refractivity contribution in [3.05, 3.63) is 305 Å². The van der Waals surface area contributed by atoms with Gasteiger partial charge in [0.2, 0.25) is 0 Å². The van der Waals surface area contributed by atoms with Gasteiger partial charge >= 0.3 is 0 Å². The third-order valence-electron chi connectivity index (χ3n) is 12.9. The van der Waals surface area contributed by atoms with E-state index in [0.717, 1.165) is 111 Å². The van der Waals surface area contributed by atoms with Gasteiger partial charge in [-0.3, -0.25) is 0 Å². The Bertz CT molecular complexity index is 3170. The van der Waals surface area contributed by atoms with Crippen molar-refractivity contribution in [2.24, 2.45) is 0 Å². The van der Waals surface area contributed by atoms with E-state index in [4.69, 9.17) is 0 Å². The lowest BCUT2D eigenvalue weighted by atomic mass is 9.74. The van der Waals surface area contributed by atoms with Crippen LogP contribution < -0.4 is 0 Å². The van der Waals surface area contributed by atoms with Crippen molar-refractivity contribution in [3.63, 3.8) is 0 Å². The summed E-state index contributed by atoms with van der Waals surface area (Å²) in [5, 5.41) is 0. The molecule has 344 valence electrons. The minimum Gasteiger partial charge on any atom is -0.0616 e. The van der Waals surface area contributed by atoms with Crippen molar-refractivity contribution in [2.75, 3.05) is 0 Å². The standard InChI is InChI=1S/C72H56/c1-49-9-25-57(26-10-49)33-45-65-69(61-37-17-53(5)18-38-61)66(46-34-58-27-11-50(2)12-28-58)71(63-41-21-55(7)22-42-63)68(48-36-60-31-15-52(4)16-32-60)72(64-43-23-56(8)24-44-64)67(47-35-59-29-13-51(3)14-30-59)70(65)62-39-19-54(6)20-40-62/h9-32,37-44H,1-8H3. The number of aryl methyl sites for hydroxylation is 8. The molecule has 0 amide bonds. The molecular weight excluding hydrogens is 865 g/mol. The topological polar surface area (TPSA) is 0 Å². The Labute approximate surface area is 428 Å². The lowest BCUT2D eigenvalue weighted by Gasteiger charge is -2.27. The zero-order valence-corrected chi connectivity index (χ0v) is 42.5. The van der Waals surface area contributed by atoms with Gasteiger partial charge in [-0.2, -0.15) is 0 Å². The summed E-state index contributed by atoms with van der Waals surface area (Å²) in [6, 6.07) is 69.0. The van der Waals surface area contributed by atoms with Crippen molar-refractivity contribution in [1.82, 2.24) is 0 Å². The van der Waals surface area contributed by atoms with Crippen LogP contribution in [0.3, 0.4) is 0 Å². The van der Waals surface area contributed by atoms with Crippen molar-refractivity contribution < 1.29 is 0 Å². The monoisotopic (exact) mass is 920 g/mol. The zero-order chi connectivity index (χ0) is 50.1. The number of hydrogen-bond donors (Lipinski definition) is 0. The van der Waals surface area contributed by atoms with Gasteiger partial charge in [0.1, 0.15) is 0 Å². The zero-order valence-electron chi connectivity index (χ0n) is 42.5. The molecule has 0 unspecified atom stereocenters. The molecule has 0 saturated carbocycles. The summed E-state index contributed by atoms with van der Waals surface area (Å²) in [6.07, 6.45) is 0. The second-order valence-corrected chi connectivity index (χ2v) is 18.9. The first-order valence-electron chi connectivity index (χ1n) is 24.6. The van der Waals surface area contributed by atoms with Gasteiger partial charge in [0.05, 0.1) is 0 Å². The molecule has 0 aliphatic heterocycles. The summed E-state index contributed by atoms with van der Waals surface area (Å²) in [6.45, 7) is 17.0. The molecule has 0 heteroatoms. The molecule has 0 fully saturated rings. The fourth-order valence-corrected chi connectivity index (χ4v) is 8.62. The number of rotatable bonds is 4. The smallest absolute Gasteiger partial charge is 0.0431 e. The molecule has 0 spiro atoms. The summed E-state index contributed by atoms with van der Waals surface area (Å²) >= 11 is 0. The lowest BCUT2D eigenvalue weighted by Crippen LogP contribution is -2.10. The third-order valence-corrected chi connectivity index (χ3v) is 12.9. The number of hydrogen-bond acceptors (Lipinski definition) is 0. The first-order valence-corrected chi connectivity index (χ1v) is 24.6. The van der Waals surface area contributed by atoms with Crippen LogP contribution >= 0.6 is 0 Å². The molecule has 0 saturated heterocycles. The van der Waals surface area contributed by atoms with Gasteiger partial charge in [0.25, 0.3) is 0 Å². The van der Waals surface area contributed by atoms with Crippen molar-refractivity contribution in [2.45, 2.75) is 55.4 Å². The Morgan fingerprint density at radius 3 is 0.458 bits per heavy atom. The molecule has 0 aromatic heterocycles. The predicted molar refractivity (Wildman–Crippen MR) is 305 cm³/mol. The normalized spacial score (nSPS) is 12.3. The van der Waals surface area contributed by atoms with Crippen molar-refractivity contribution in [3.8, 4) is 47.4 Å². The largest absolute Gasteiger partial charge is 0.0616 e. The highest BCUT2D eigenvalue weighted by Gasteiger charge is 2.31. The van der Waals surface area contributed by atoms with Crippen LogP contribution in [-0.4, -0.2) is 0 Å². The maximum Gasteiger partial charge on any atom is 0.0431 e. The molecule has 0 nitrogen and oxygen atoms in total. The lowest BCUT2D eigenvalue weighted by molar-refractivity contribution is 1.41. The minimum absolute atomic E-state index is 0.810. The highest BCUT2D eigenvalue weighted by atomic mass is 14.3. The predicted octanol–water partition coefficient (Wildman–Crippen LogP) is 16.5. The van der Waals surface area contributed by atoms with Crippen LogP contribution in [0.4, 0.5) is 0 Å². The molecular formula is C72H56. The quantitative estimate of drug-likeness (QED) is 0.154. The van der Waals surface area contributed by atoms with Crippen LogP contribution in [0.1, 0.15) is 89.0 Å². The van der Waals surface area contributed by atoms with E-state index in [1.165, 1.54) is 22.3 Å². The molecule has 0 atom stereocenters. The molecule has 0 N–H and O–H groups in total. The third kappa shape index (κ3) is 11.3. The highest BCUT2D eigenvalue weighted by Crippen LogP contribution is 2.48. The minimum atomic E-state index is 0.810. The van der Waals surface area contributed by atoms with Gasteiger partial charge < -0.3 is 0 Å². The Morgan fingerprint density at radius 1 is 0.167 bits per heavy atom. The molecule has 0 heterocycles. The van der Waals surface area contributed by atoms with E-state index in [-0.39, 0.29) is 0 Å². The van der Waals surface area contributed by atoms with E-state index in [2.05, 4.69) is 297 Å². The number of allylic oxidation sites excluding steroid dienone is 8. The molecule has 0 radical (unpaired) electrons. The fourth-order valence-electron chi connectivity index (χ4n) is 8.62. The van der Waals surface area contributed by atoms with E-state index in [1.807, 2.05) is 0 Å². The average Bonchev–Trinajstić information content (AvgIpc) is 3.38. The Hall–Kier alpha value is -9.04. The van der Waals surface area contributed by atoms with Crippen molar-refractivity contribution >= 4 is 22.3 Å². The van der Waals surface area contributed by atoms with Crippen LogP contribution in [0.2, 0.25) is 0 Å². The maximum atomic E-state index is 3.91. The average molecular weight is 921 g/mol. The van der Waals surface area contributed by atoms with Gasteiger partial charge in [-0.25, -0.2) is 0 Å². The van der Waals surface area contributed by atoms with Gasteiger partial charge in [-0.15, -0.1) is 0 Å². The van der Waals surface area contributed by atoms with Gasteiger partial charge in [0.15, 0.2) is 0 Å². The van der Waals surface area contributed by atoms with Gasteiger partial charge in [0, 0.05) is 66.8 Å². The Balaban J connectivity index is 1.61. The molecule has 9 rings (SSSR count). The Morgan fingerprint density at radius 2 is 0.306 bits per heavy atom. The van der Waals surface area contributed by atoms with Gasteiger partial charge in [-0.1, -0.05) is 237 Å². The van der Waals surface area contributed by atoms with Crippen LogP contribution in [0.5, 0.6) is 0 Å². The SMILES string of the molecule is Cc1ccc(C#CC2=C(c3ccc(C)cc3)C(C#Cc3ccc(C)cc3)=C(c3ccc(C)cc3)C(C#Cc3ccc(C)cc3)=C(c3ccc(C)cc3)C(C#Cc3ccc(C)cc3)=C2c2ccc(C)cc2)cc1. The van der Waals surface area contributed by atoms with Crippen LogP contribution in [-0.2, 0) is 0 Å². The van der Waals surface area contributed by atoms with Gasteiger partial charge in [-0.05, 0) is 126 Å². The van der Waals surface area contributed by atoms with E-state index in [1.54, 1.807) is 0 Å². The summed E-state index contributed by atoms with van der Waals surface area (Å²) in [7, 11) is 0. The second-order valence-electron chi connectivity index (χ2n) is 18.9. The molecule has 8 aromatic carbocycles. The molecule has 1 aliphatic rings. The summed E-state index contributed by atoms with van der Waals surface area (Å²) in [4.78, 5) is 0. The van der Waals surface area contributed by atoms with E-state index >= 15 is 0 Å². The van der Waals surface area contributed by atoms with Crippen LogP contribution in [0.15, 0.2) is 216 Å². The molecule has 8 aromatic rings. The number of benzene rings is 8. The maximum absolute atomic E-state index is 3.91. The highest BCUT2D eigenvalue weighted by molar-refractivity contribution is 6.16. The first kappa shape index (κ1) is 48.0. The van der Waals surface area contributed by atoms with Crippen LogP contribution in [0.25, 0.3) is 22.3 Å². The summed E-state index contributed by atoms with van der Waals surface area (Å²) < 4.78 is 0. The molecule has 1 aliphatic carbocycles. The molecule has 72 heavy (non-hydrogen) atoms. The fraction of sp³-hybridized carbons (Fsp3) is 0.111. The molecule has 0 bridgehead atoms. The first-order chi connectivity index (χ1) is 34.9. The second kappa shape index (κ2) is 21.7. The van der Waals surface area contributed by atoms with Crippen molar-refractivity contribution in [1.29, 1.82) is 0 Å². The summed E-state index contributed by atoms with van der Waals surface area (Å²) in [5.41, 5.74) is 23.7. The van der Waals surface area contributed by atoms with Crippen LogP contribution in [0, 0.1) is 103 Å². The van der Waals surface area contributed by atoms with E-state index < -0.39 is 0 Å². The van der Waals surface area contributed by atoms with E-state index in [9.17, 15) is 0 Å².